The maximum Gasteiger partial charge on any atom is 0.347 e. The number of benzene rings is 1. The van der Waals surface area contributed by atoms with Crippen LogP contribution in [-0.4, -0.2) is 28.5 Å². The standard InChI is InChI=1S/C15H16N2O3S/c1-10-14(15(19)20)21-13(17-10)9-12(18)16-8-7-11-5-3-2-4-6-11/h2-6H,7-9H2,1H3,(H,16,18)(H,19,20). The lowest BCUT2D eigenvalue weighted by Crippen LogP contribution is -2.27. The molecule has 1 aromatic heterocycles. The minimum absolute atomic E-state index is 0.119. The molecule has 2 rings (SSSR count). The molecule has 0 bridgehead atoms. The SMILES string of the molecule is Cc1nc(CC(=O)NCCc2ccccc2)sc1C(=O)O. The first-order valence-electron chi connectivity index (χ1n) is 6.56. The topological polar surface area (TPSA) is 79.3 Å². The van der Waals surface area contributed by atoms with Gasteiger partial charge in [-0.3, -0.25) is 4.79 Å². The molecule has 21 heavy (non-hydrogen) atoms. The van der Waals surface area contributed by atoms with Gasteiger partial charge in [0.15, 0.2) is 0 Å². The van der Waals surface area contributed by atoms with E-state index in [9.17, 15) is 9.59 Å². The molecule has 5 nitrogen and oxygen atoms in total. The fourth-order valence-electron chi connectivity index (χ4n) is 1.92. The summed E-state index contributed by atoms with van der Waals surface area (Å²) in [4.78, 5) is 27.0. The Labute approximate surface area is 126 Å². The number of carboxylic acid groups (broad SMARTS) is 1. The highest BCUT2D eigenvalue weighted by Gasteiger charge is 2.15. The number of aromatic carboxylic acids is 1. The van der Waals surface area contributed by atoms with E-state index in [2.05, 4.69) is 10.3 Å². The van der Waals surface area contributed by atoms with Crippen molar-refractivity contribution in [1.29, 1.82) is 0 Å². The monoisotopic (exact) mass is 304 g/mol. The number of hydrogen-bond acceptors (Lipinski definition) is 4. The molecule has 0 saturated carbocycles. The average Bonchev–Trinajstić information content (AvgIpc) is 2.81. The van der Waals surface area contributed by atoms with Crippen LogP contribution in [0.1, 0.15) is 25.9 Å². The smallest absolute Gasteiger partial charge is 0.347 e. The van der Waals surface area contributed by atoms with E-state index in [4.69, 9.17) is 5.11 Å². The van der Waals surface area contributed by atoms with Gasteiger partial charge < -0.3 is 10.4 Å². The predicted octanol–water partition coefficient (Wildman–Crippen LogP) is 2.05. The van der Waals surface area contributed by atoms with Gasteiger partial charge >= 0.3 is 5.97 Å². The number of amides is 1. The first-order valence-corrected chi connectivity index (χ1v) is 7.38. The predicted molar refractivity (Wildman–Crippen MR) is 80.7 cm³/mol. The van der Waals surface area contributed by atoms with Crippen LogP contribution < -0.4 is 5.32 Å². The number of thiazole rings is 1. The molecule has 0 aliphatic rings. The summed E-state index contributed by atoms with van der Waals surface area (Å²) in [5, 5.41) is 12.3. The molecule has 0 aliphatic carbocycles. The Morgan fingerprint density at radius 3 is 2.62 bits per heavy atom. The highest BCUT2D eigenvalue weighted by atomic mass is 32.1. The third-order valence-electron chi connectivity index (χ3n) is 2.93. The molecule has 1 aromatic carbocycles. The van der Waals surface area contributed by atoms with Crippen molar-refractivity contribution in [3.63, 3.8) is 0 Å². The summed E-state index contributed by atoms with van der Waals surface area (Å²) in [6, 6.07) is 9.89. The number of rotatable bonds is 6. The van der Waals surface area contributed by atoms with Crippen molar-refractivity contribution in [2.24, 2.45) is 0 Å². The minimum Gasteiger partial charge on any atom is -0.477 e. The molecule has 2 aromatic rings. The van der Waals surface area contributed by atoms with Crippen LogP contribution in [0, 0.1) is 6.92 Å². The van der Waals surface area contributed by atoms with Gasteiger partial charge in [0.05, 0.1) is 12.1 Å². The van der Waals surface area contributed by atoms with Crippen molar-refractivity contribution in [3.8, 4) is 0 Å². The van der Waals surface area contributed by atoms with E-state index in [1.807, 2.05) is 30.3 Å². The molecule has 0 unspecified atom stereocenters. The largest absolute Gasteiger partial charge is 0.477 e. The van der Waals surface area contributed by atoms with Crippen molar-refractivity contribution in [3.05, 3.63) is 51.5 Å². The Bertz CT molecular complexity index is 638. The zero-order valence-electron chi connectivity index (χ0n) is 11.6. The van der Waals surface area contributed by atoms with Gasteiger partial charge in [0.25, 0.3) is 0 Å². The zero-order chi connectivity index (χ0) is 15.2. The van der Waals surface area contributed by atoms with Gasteiger partial charge in [-0.05, 0) is 18.9 Å². The fraction of sp³-hybridized carbons (Fsp3) is 0.267. The van der Waals surface area contributed by atoms with E-state index in [0.717, 1.165) is 23.3 Å². The molecule has 0 fully saturated rings. The van der Waals surface area contributed by atoms with Gasteiger partial charge in [-0.15, -0.1) is 11.3 Å². The van der Waals surface area contributed by atoms with E-state index < -0.39 is 5.97 Å². The summed E-state index contributed by atoms with van der Waals surface area (Å²) in [5.74, 6) is -1.14. The lowest BCUT2D eigenvalue weighted by atomic mass is 10.1. The van der Waals surface area contributed by atoms with Crippen LogP contribution in [0.25, 0.3) is 0 Å². The number of nitrogens with zero attached hydrogens (tertiary/aromatic N) is 1. The summed E-state index contributed by atoms with van der Waals surface area (Å²) >= 11 is 1.05. The zero-order valence-corrected chi connectivity index (χ0v) is 12.4. The second-order valence-electron chi connectivity index (χ2n) is 4.59. The van der Waals surface area contributed by atoms with E-state index >= 15 is 0 Å². The van der Waals surface area contributed by atoms with E-state index in [0.29, 0.717) is 17.2 Å². The number of hydrogen-bond donors (Lipinski definition) is 2. The summed E-state index contributed by atoms with van der Waals surface area (Å²) < 4.78 is 0. The molecule has 110 valence electrons. The maximum absolute atomic E-state index is 11.8. The van der Waals surface area contributed by atoms with E-state index in [1.165, 1.54) is 0 Å². The van der Waals surface area contributed by atoms with E-state index in [-0.39, 0.29) is 17.2 Å². The Hall–Kier alpha value is -2.21. The number of nitrogens with one attached hydrogen (secondary N) is 1. The first kappa shape index (κ1) is 15.2. The number of carboxylic acids is 1. The Kier molecular flexibility index (Phi) is 5.05. The van der Waals surface area contributed by atoms with Crippen molar-refractivity contribution in [2.75, 3.05) is 6.54 Å². The van der Waals surface area contributed by atoms with E-state index in [1.54, 1.807) is 6.92 Å². The van der Waals surface area contributed by atoms with Crippen LogP contribution in [0.2, 0.25) is 0 Å². The highest BCUT2D eigenvalue weighted by Crippen LogP contribution is 2.18. The Morgan fingerprint density at radius 2 is 2.00 bits per heavy atom. The molecule has 6 heteroatoms. The second-order valence-corrected chi connectivity index (χ2v) is 5.67. The van der Waals surface area contributed by atoms with Crippen LogP contribution in [0.3, 0.4) is 0 Å². The van der Waals surface area contributed by atoms with Gasteiger partial charge in [-0.2, -0.15) is 0 Å². The van der Waals surface area contributed by atoms with Crippen molar-refractivity contribution in [2.45, 2.75) is 19.8 Å². The number of carbonyl (C=O) groups is 2. The number of aromatic nitrogens is 1. The molecule has 0 aliphatic heterocycles. The third-order valence-corrected chi connectivity index (χ3v) is 4.07. The fourth-order valence-corrected chi connectivity index (χ4v) is 2.82. The average molecular weight is 304 g/mol. The molecule has 2 N–H and O–H groups in total. The quantitative estimate of drug-likeness (QED) is 0.856. The number of carbonyl (C=O) groups excluding carboxylic acids is 1. The maximum atomic E-state index is 11.8. The summed E-state index contributed by atoms with van der Waals surface area (Å²) in [6.07, 6.45) is 0.886. The van der Waals surface area contributed by atoms with Crippen molar-refractivity contribution in [1.82, 2.24) is 10.3 Å². The molecule has 0 atom stereocenters. The van der Waals surface area contributed by atoms with Crippen LogP contribution >= 0.6 is 11.3 Å². The molecule has 1 heterocycles. The van der Waals surface area contributed by atoms with Crippen LogP contribution in [-0.2, 0) is 17.6 Å². The summed E-state index contributed by atoms with van der Waals surface area (Å²) in [7, 11) is 0. The van der Waals surface area contributed by atoms with Gasteiger partial charge in [0.2, 0.25) is 5.91 Å². The Balaban J connectivity index is 1.82. The summed E-state index contributed by atoms with van der Waals surface area (Å²) in [5.41, 5.74) is 1.62. The first-order chi connectivity index (χ1) is 10.1. The van der Waals surface area contributed by atoms with Crippen molar-refractivity contribution >= 4 is 23.2 Å². The van der Waals surface area contributed by atoms with Gasteiger partial charge in [0.1, 0.15) is 9.88 Å². The van der Waals surface area contributed by atoms with Crippen LogP contribution in [0.5, 0.6) is 0 Å². The lowest BCUT2D eigenvalue weighted by molar-refractivity contribution is -0.120. The Morgan fingerprint density at radius 1 is 1.29 bits per heavy atom. The van der Waals surface area contributed by atoms with Crippen LogP contribution in [0.4, 0.5) is 0 Å². The highest BCUT2D eigenvalue weighted by molar-refractivity contribution is 7.13. The van der Waals surface area contributed by atoms with Gasteiger partial charge in [-0.25, -0.2) is 9.78 Å². The second kappa shape index (κ2) is 6.99. The third kappa shape index (κ3) is 4.39. The van der Waals surface area contributed by atoms with Gasteiger partial charge in [-0.1, -0.05) is 30.3 Å². The normalized spacial score (nSPS) is 10.3. The molecule has 0 radical (unpaired) electrons. The van der Waals surface area contributed by atoms with Gasteiger partial charge in [0, 0.05) is 6.54 Å². The molecule has 0 spiro atoms. The minimum atomic E-state index is -0.999. The molecular weight excluding hydrogens is 288 g/mol. The van der Waals surface area contributed by atoms with Crippen LogP contribution in [0.15, 0.2) is 30.3 Å². The molecular formula is C15H16N2O3S. The summed E-state index contributed by atoms with van der Waals surface area (Å²) in [6.45, 7) is 2.19. The number of aryl methyl sites for hydroxylation is 1. The molecule has 1 amide bonds. The van der Waals surface area contributed by atoms with Crippen molar-refractivity contribution < 1.29 is 14.7 Å². The lowest BCUT2D eigenvalue weighted by Gasteiger charge is -2.04. The molecule has 0 saturated heterocycles.